The molecule has 0 saturated carbocycles. The summed E-state index contributed by atoms with van der Waals surface area (Å²) in [6, 6.07) is 10.7. The number of rotatable bonds is 2. The molecule has 0 aromatic heterocycles. The van der Waals surface area contributed by atoms with Crippen LogP contribution in [0, 0.1) is 11.3 Å². The number of ketones is 1. The highest BCUT2D eigenvalue weighted by atomic mass is 32.2. The molecule has 0 spiro atoms. The molecule has 4 heteroatoms. The third kappa shape index (κ3) is 2.10. The van der Waals surface area contributed by atoms with Gasteiger partial charge in [-0.2, -0.15) is 5.26 Å². The van der Waals surface area contributed by atoms with Crippen LogP contribution in [-0.2, 0) is 4.74 Å². The summed E-state index contributed by atoms with van der Waals surface area (Å²) in [4.78, 5) is 12.0. The standard InChI is InChI=1S/C12H9NO2S/c13-8-10(12-15-6-7-16-12)11(14)9-4-2-1-3-5-9/h1-5H,6-7H2/b12-10-. The van der Waals surface area contributed by atoms with Crippen molar-refractivity contribution in [1.29, 1.82) is 5.26 Å². The molecular weight excluding hydrogens is 222 g/mol. The predicted octanol–water partition coefficient (Wildman–Crippen LogP) is 2.37. The Hall–Kier alpha value is -1.73. The maximum atomic E-state index is 12.0. The normalized spacial score (nSPS) is 17.4. The molecule has 1 heterocycles. The number of thioether (sulfide) groups is 1. The van der Waals surface area contributed by atoms with E-state index in [1.165, 1.54) is 11.8 Å². The van der Waals surface area contributed by atoms with E-state index < -0.39 is 0 Å². The molecule has 0 amide bonds. The Labute approximate surface area is 97.7 Å². The number of hydrogen-bond acceptors (Lipinski definition) is 4. The van der Waals surface area contributed by atoms with Crippen molar-refractivity contribution in [3.63, 3.8) is 0 Å². The molecule has 16 heavy (non-hydrogen) atoms. The summed E-state index contributed by atoms with van der Waals surface area (Å²) in [5, 5.41) is 9.45. The first-order valence-corrected chi connectivity index (χ1v) is 5.81. The topological polar surface area (TPSA) is 50.1 Å². The second kappa shape index (κ2) is 4.86. The lowest BCUT2D eigenvalue weighted by atomic mass is 10.1. The zero-order chi connectivity index (χ0) is 11.4. The molecule has 2 rings (SSSR count). The Morgan fingerprint density at radius 2 is 2.12 bits per heavy atom. The lowest BCUT2D eigenvalue weighted by Crippen LogP contribution is -2.04. The minimum absolute atomic E-state index is 0.105. The highest BCUT2D eigenvalue weighted by Crippen LogP contribution is 2.28. The molecule has 1 fully saturated rings. The van der Waals surface area contributed by atoms with E-state index in [0.717, 1.165) is 5.75 Å². The minimum Gasteiger partial charge on any atom is -0.485 e. The second-order valence-electron chi connectivity index (χ2n) is 3.17. The van der Waals surface area contributed by atoms with Crippen molar-refractivity contribution < 1.29 is 9.53 Å². The molecule has 0 unspecified atom stereocenters. The number of carbonyl (C=O) groups is 1. The highest BCUT2D eigenvalue weighted by molar-refractivity contribution is 8.03. The Morgan fingerprint density at radius 1 is 1.38 bits per heavy atom. The summed E-state index contributed by atoms with van der Waals surface area (Å²) in [5.74, 6) is 0.523. The van der Waals surface area contributed by atoms with Crippen LogP contribution in [0.1, 0.15) is 10.4 Å². The molecule has 0 bridgehead atoms. The van der Waals surface area contributed by atoms with E-state index in [4.69, 9.17) is 10.00 Å². The summed E-state index contributed by atoms with van der Waals surface area (Å²) < 4.78 is 5.25. The van der Waals surface area contributed by atoms with Crippen LogP contribution in [0.25, 0.3) is 0 Å². The Bertz CT molecular complexity index is 466. The molecule has 1 aliphatic heterocycles. The van der Waals surface area contributed by atoms with Gasteiger partial charge < -0.3 is 4.74 Å². The van der Waals surface area contributed by atoms with Gasteiger partial charge in [0.15, 0.2) is 5.09 Å². The number of benzene rings is 1. The van der Waals surface area contributed by atoms with Gasteiger partial charge in [0.05, 0.1) is 6.61 Å². The summed E-state index contributed by atoms with van der Waals surface area (Å²) >= 11 is 1.41. The van der Waals surface area contributed by atoms with Crippen LogP contribution in [0.15, 0.2) is 41.0 Å². The monoisotopic (exact) mass is 231 g/mol. The quantitative estimate of drug-likeness (QED) is 0.445. The molecule has 0 radical (unpaired) electrons. The van der Waals surface area contributed by atoms with E-state index in [1.807, 2.05) is 12.1 Å². The van der Waals surface area contributed by atoms with E-state index in [1.54, 1.807) is 24.3 Å². The van der Waals surface area contributed by atoms with Gasteiger partial charge in [0, 0.05) is 11.3 Å². The maximum Gasteiger partial charge on any atom is 0.207 e. The molecule has 0 atom stereocenters. The van der Waals surface area contributed by atoms with Gasteiger partial charge in [0.1, 0.15) is 11.6 Å². The molecule has 1 aromatic carbocycles. The smallest absolute Gasteiger partial charge is 0.207 e. The average molecular weight is 231 g/mol. The first-order valence-electron chi connectivity index (χ1n) is 4.82. The SMILES string of the molecule is N#C/C(C(=O)c1ccccc1)=C1\OCCS1. The van der Waals surface area contributed by atoms with E-state index in [-0.39, 0.29) is 11.4 Å². The predicted molar refractivity (Wildman–Crippen MR) is 61.8 cm³/mol. The zero-order valence-corrected chi connectivity index (χ0v) is 9.29. The number of hydrogen-bond donors (Lipinski definition) is 0. The zero-order valence-electron chi connectivity index (χ0n) is 8.47. The second-order valence-corrected chi connectivity index (χ2v) is 4.23. The van der Waals surface area contributed by atoms with Crippen molar-refractivity contribution >= 4 is 17.5 Å². The van der Waals surface area contributed by atoms with Crippen LogP contribution in [-0.4, -0.2) is 18.1 Å². The number of carbonyl (C=O) groups excluding carboxylic acids is 1. The van der Waals surface area contributed by atoms with Crippen molar-refractivity contribution in [2.45, 2.75) is 0 Å². The van der Waals surface area contributed by atoms with Crippen molar-refractivity contribution in [3.8, 4) is 6.07 Å². The molecule has 1 aliphatic rings. The van der Waals surface area contributed by atoms with Gasteiger partial charge in [0.2, 0.25) is 5.78 Å². The van der Waals surface area contributed by atoms with Gasteiger partial charge in [-0.1, -0.05) is 42.1 Å². The minimum atomic E-state index is -0.271. The van der Waals surface area contributed by atoms with Crippen LogP contribution < -0.4 is 0 Å². The third-order valence-electron chi connectivity index (χ3n) is 2.13. The molecule has 0 aliphatic carbocycles. The van der Waals surface area contributed by atoms with Gasteiger partial charge in [-0.25, -0.2) is 0 Å². The Kier molecular flexibility index (Phi) is 3.28. The summed E-state index contributed by atoms with van der Waals surface area (Å²) in [6.45, 7) is 0.563. The van der Waals surface area contributed by atoms with Gasteiger partial charge >= 0.3 is 0 Å². The maximum absolute atomic E-state index is 12.0. The van der Waals surface area contributed by atoms with Crippen LogP contribution in [0.4, 0.5) is 0 Å². The summed E-state index contributed by atoms with van der Waals surface area (Å²) in [5.41, 5.74) is 0.622. The van der Waals surface area contributed by atoms with E-state index in [9.17, 15) is 4.79 Å². The third-order valence-corrected chi connectivity index (χ3v) is 3.08. The lowest BCUT2D eigenvalue weighted by Gasteiger charge is -2.02. The van der Waals surface area contributed by atoms with Gasteiger partial charge in [-0.05, 0) is 0 Å². The van der Waals surface area contributed by atoms with Crippen LogP contribution >= 0.6 is 11.8 Å². The summed E-state index contributed by atoms with van der Waals surface area (Å²) in [7, 11) is 0. The van der Waals surface area contributed by atoms with Gasteiger partial charge in [-0.3, -0.25) is 4.79 Å². The van der Waals surface area contributed by atoms with Crippen molar-refractivity contribution in [2.24, 2.45) is 0 Å². The van der Waals surface area contributed by atoms with Gasteiger partial charge in [0.25, 0.3) is 0 Å². The van der Waals surface area contributed by atoms with Crippen LogP contribution in [0.5, 0.6) is 0 Å². The average Bonchev–Trinajstić information content (AvgIpc) is 2.85. The number of nitrogens with zero attached hydrogens (tertiary/aromatic N) is 1. The fraction of sp³-hybridized carbons (Fsp3) is 0.167. The largest absolute Gasteiger partial charge is 0.485 e. The molecular formula is C12H9NO2S. The highest BCUT2D eigenvalue weighted by Gasteiger charge is 2.21. The first kappa shape index (κ1) is 10.8. The molecule has 1 saturated heterocycles. The number of Topliss-reactive ketones (excluding diaryl/α,β-unsaturated/α-hetero) is 1. The lowest BCUT2D eigenvalue weighted by molar-refractivity contribution is 0.103. The number of nitriles is 1. The van der Waals surface area contributed by atoms with Crippen molar-refractivity contribution in [1.82, 2.24) is 0 Å². The van der Waals surface area contributed by atoms with E-state index >= 15 is 0 Å². The number of ether oxygens (including phenoxy) is 1. The summed E-state index contributed by atoms with van der Waals surface area (Å²) in [6.07, 6.45) is 0. The molecule has 80 valence electrons. The molecule has 1 aromatic rings. The van der Waals surface area contributed by atoms with Gasteiger partial charge in [-0.15, -0.1) is 0 Å². The Morgan fingerprint density at radius 3 is 2.69 bits per heavy atom. The first-order chi connectivity index (χ1) is 7.83. The fourth-order valence-electron chi connectivity index (χ4n) is 1.38. The molecule has 3 nitrogen and oxygen atoms in total. The van der Waals surface area contributed by atoms with Crippen molar-refractivity contribution in [2.75, 3.05) is 12.4 Å². The van der Waals surface area contributed by atoms with E-state index in [0.29, 0.717) is 17.3 Å². The number of allylic oxidation sites excluding steroid dienone is 1. The van der Waals surface area contributed by atoms with Crippen LogP contribution in [0.2, 0.25) is 0 Å². The molecule has 0 N–H and O–H groups in total. The van der Waals surface area contributed by atoms with Crippen molar-refractivity contribution in [3.05, 3.63) is 46.6 Å². The Balaban J connectivity index is 2.34. The fourth-order valence-corrected chi connectivity index (χ4v) is 2.18. The van der Waals surface area contributed by atoms with E-state index in [2.05, 4.69) is 0 Å². The van der Waals surface area contributed by atoms with Crippen LogP contribution in [0.3, 0.4) is 0 Å².